The molecule has 0 N–H and O–H groups in total. The van der Waals surface area contributed by atoms with Crippen molar-refractivity contribution < 1.29 is 9.18 Å². The fourth-order valence-electron chi connectivity index (χ4n) is 1.68. The van der Waals surface area contributed by atoms with Gasteiger partial charge < -0.3 is 4.90 Å². The van der Waals surface area contributed by atoms with Crippen molar-refractivity contribution in [3.63, 3.8) is 0 Å². The second-order valence-corrected chi connectivity index (χ2v) is 4.51. The highest BCUT2D eigenvalue weighted by atomic mass is 35.5. The van der Waals surface area contributed by atoms with Crippen molar-refractivity contribution in [3.05, 3.63) is 64.7 Å². The molecule has 5 heteroatoms. The Morgan fingerprint density at radius 2 is 2.05 bits per heavy atom. The third kappa shape index (κ3) is 3.29. The maximum Gasteiger partial charge on any atom is 0.255 e. The lowest BCUT2D eigenvalue weighted by molar-refractivity contribution is 0.0783. The molecule has 3 nitrogen and oxygen atoms in total. The quantitative estimate of drug-likeness (QED) is 0.808. The van der Waals surface area contributed by atoms with Crippen molar-refractivity contribution in [1.82, 2.24) is 9.88 Å². The fourth-order valence-corrected chi connectivity index (χ4v) is 1.79. The lowest BCUT2D eigenvalue weighted by Crippen LogP contribution is -2.26. The Hall–Kier alpha value is -1.94. The molecule has 1 aromatic carbocycles. The van der Waals surface area contributed by atoms with Crippen molar-refractivity contribution in [3.8, 4) is 0 Å². The van der Waals surface area contributed by atoms with E-state index in [-0.39, 0.29) is 18.3 Å². The molecule has 0 aliphatic carbocycles. The second-order valence-electron chi connectivity index (χ2n) is 4.12. The molecule has 0 saturated carbocycles. The first-order chi connectivity index (χ1) is 9.08. The number of amides is 1. The van der Waals surface area contributed by atoms with E-state index in [1.54, 1.807) is 37.4 Å². The summed E-state index contributed by atoms with van der Waals surface area (Å²) in [6.45, 7) is 0.203. The molecule has 1 amide bonds. The Morgan fingerprint density at radius 1 is 1.32 bits per heavy atom. The standard InChI is InChI=1S/C14H12ClFN2O/c1-18(9-11-4-2-3-5-12(11)16)14(19)10-6-7-13(15)17-8-10/h2-8H,9H2,1H3. The zero-order valence-electron chi connectivity index (χ0n) is 10.3. The van der Waals surface area contributed by atoms with Gasteiger partial charge in [0, 0.05) is 25.4 Å². The summed E-state index contributed by atoms with van der Waals surface area (Å²) in [5, 5.41) is 0.327. The third-order valence-corrected chi connectivity index (χ3v) is 2.91. The number of pyridine rings is 1. The zero-order chi connectivity index (χ0) is 13.8. The second kappa shape index (κ2) is 5.80. The maximum atomic E-state index is 13.5. The molecule has 1 heterocycles. The average Bonchev–Trinajstić information content (AvgIpc) is 2.41. The highest BCUT2D eigenvalue weighted by Gasteiger charge is 2.13. The molecule has 19 heavy (non-hydrogen) atoms. The van der Waals surface area contributed by atoms with Crippen LogP contribution in [0.15, 0.2) is 42.6 Å². The van der Waals surface area contributed by atoms with Gasteiger partial charge in [-0.2, -0.15) is 0 Å². The Labute approximate surface area is 115 Å². The van der Waals surface area contributed by atoms with Gasteiger partial charge in [-0.05, 0) is 18.2 Å². The van der Waals surface area contributed by atoms with Gasteiger partial charge in [-0.15, -0.1) is 0 Å². The Kier molecular flexibility index (Phi) is 4.12. The van der Waals surface area contributed by atoms with Crippen LogP contribution in [0.4, 0.5) is 4.39 Å². The minimum atomic E-state index is -0.323. The van der Waals surface area contributed by atoms with Crippen LogP contribution in [0, 0.1) is 5.82 Å². The van der Waals surface area contributed by atoms with Gasteiger partial charge >= 0.3 is 0 Å². The van der Waals surface area contributed by atoms with Gasteiger partial charge in [-0.1, -0.05) is 29.8 Å². The van der Waals surface area contributed by atoms with E-state index in [2.05, 4.69) is 4.98 Å². The van der Waals surface area contributed by atoms with Crippen molar-refractivity contribution in [2.75, 3.05) is 7.05 Å². The lowest BCUT2D eigenvalue weighted by Gasteiger charge is -2.17. The van der Waals surface area contributed by atoms with Gasteiger partial charge in [0.25, 0.3) is 5.91 Å². The van der Waals surface area contributed by atoms with Gasteiger partial charge in [0.2, 0.25) is 0 Å². The van der Waals surface area contributed by atoms with Crippen molar-refractivity contribution in [2.45, 2.75) is 6.54 Å². The monoisotopic (exact) mass is 278 g/mol. The Balaban J connectivity index is 2.12. The summed E-state index contributed by atoms with van der Waals surface area (Å²) >= 11 is 5.66. The minimum absolute atomic E-state index is 0.203. The topological polar surface area (TPSA) is 33.2 Å². The highest BCUT2D eigenvalue weighted by Crippen LogP contribution is 2.12. The third-order valence-electron chi connectivity index (χ3n) is 2.69. The van der Waals surface area contributed by atoms with Crippen LogP contribution in [0.25, 0.3) is 0 Å². The van der Waals surface area contributed by atoms with Crippen LogP contribution < -0.4 is 0 Å². The van der Waals surface area contributed by atoms with Crippen LogP contribution in [-0.2, 0) is 6.54 Å². The van der Waals surface area contributed by atoms with Gasteiger partial charge in [-0.25, -0.2) is 9.37 Å². The minimum Gasteiger partial charge on any atom is -0.337 e. The van der Waals surface area contributed by atoms with Crippen LogP contribution in [0.1, 0.15) is 15.9 Å². The van der Waals surface area contributed by atoms with E-state index in [4.69, 9.17) is 11.6 Å². The lowest BCUT2D eigenvalue weighted by atomic mass is 10.2. The predicted molar refractivity (Wildman–Crippen MR) is 71.4 cm³/mol. The van der Waals surface area contributed by atoms with Crippen molar-refractivity contribution in [2.24, 2.45) is 0 Å². The van der Waals surface area contributed by atoms with E-state index in [0.717, 1.165) is 0 Å². The number of nitrogens with zero attached hydrogens (tertiary/aromatic N) is 2. The van der Waals surface area contributed by atoms with E-state index in [9.17, 15) is 9.18 Å². The molecule has 0 atom stereocenters. The molecule has 98 valence electrons. The molecule has 0 unspecified atom stereocenters. The predicted octanol–water partition coefficient (Wildman–Crippen LogP) is 3.15. The number of hydrogen-bond acceptors (Lipinski definition) is 2. The largest absolute Gasteiger partial charge is 0.337 e. The molecule has 1 aromatic heterocycles. The summed E-state index contributed by atoms with van der Waals surface area (Å²) in [7, 11) is 1.61. The summed E-state index contributed by atoms with van der Waals surface area (Å²) in [6.07, 6.45) is 1.41. The number of halogens is 2. The number of hydrogen-bond donors (Lipinski definition) is 0. The average molecular weight is 279 g/mol. The molecule has 0 saturated heterocycles. The number of aromatic nitrogens is 1. The smallest absolute Gasteiger partial charge is 0.255 e. The summed E-state index contributed by atoms with van der Waals surface area (Å²) in [5.41, 5.74) is 0.892. The molecule has 0 aliphatic heterocycles. The van der Waals surface area contributed by atoms with Crippen LogP contribution in [-0.4, -0.2) is 22.8 Å². The molecule has 0 aliphatic rings. The molecule has 2 aromatic rings. The first-order valence-electron chi connectivity index (χ1n) is 5.68. The van der Waals surface area contributed by atoms with Crippen LogP contribution in [0.5, 0.6) is 0 Å². The molecule has 0 fully saturated rings. The Morgan fingerprint density at radius 3 is 2.68 bits per heavy atom. The van der Waals surface area contributed by atoms with Crippen molar-refractivity contribution >= 4 is 17.5 Å². The van der Waals surface area contributed by atoms with E-state index >= 15 is 0 Å². The fraction of sp³-hybridized carbons (Fsp3) is 0.143. The highest BCUT2D eigenvalue weighted by molar-refractivity contribution is 6.29. The number of rotatable bonds is 3. The van der Waals surface area contributed by atoms with E-state index < -0.39 is 0 Å². The summed E-state index contributed by atoms with van der Waals surface area (Å²) in [6, 6.07) is 9.52. The summed E-state index contributed by atoms with van der Waals surface area (Å²) in [5.74, 6) is -0.552. The first kappa shape index (κ1) is 13.5. The number of carbonyl (C=O) groups is 1. The van der Waals surface area contributed by atoms with Gasteiger partial charge in [0.15, 0.2) is 0 Å². The SMILES string of the molecule is CN(Cc1ccccc1F)C(=O)c1ccc(Cl)nc1. The summed E-state index contributed by atoms with van der Waals surface area (Å²) < 4.78 is 13.5. The number of carbonyl (C=O) groups excluding carboxylic acids is 1. The van der Waals surface area contributed by atoms with E-state index in [0.29, 0.717) is 16.3 Å². The Bertz CT molecular complexity index is 586. The van der Waals surface area contributed by atoms with Gasteiger partial charge in [-0.3, -0.25) is 4.79 Å². The van der Waals surface area contributed by atoms with Crippen LogP contribution >= 0.6 is 11.6 Å². The van der Waals surface area contributed by atoms with Crippen LogP contribution in [0.3, 0.4) is 0 Å². The molecule has 0 spiro atoms. The van der Waals surface area contributed by atoms with E-state index in [1.807, 2.05) is 0 Å². The molecule has 2 rings (SSSR count). The van der Waals surface area contributed by atoms with Gasteiger partial charge in [0.1, 0.15) is 11.0 Å². The van der Waals surface area contributed by atoms with Crippen molar-refractivity contribution in [1.29, 1.82) is 0 Å². The normalized spacial score (nSPS) is 10.3. The molecule has 0 radical (unpaired) electrons. The zero-order valence-corrected chi connectivity index (χ0v) is 11.1. The van der Waals surface area contributed by atoms with Gasteiger partial charge in [0.05, 0.1) is 5.56 Å². The molecular weight excluding hydrogens is 267 g/mol. The molecule has 0 bridgehead atoms. The van der Waals surface area contributed by atoms with E-state index in [1.165, 1.54) is 17.2 Å². The van der Waals surface area contributed by atoms with Crippen LogP contribution in [0.2, 0.25) is 5.15 Å². The first-order valence-corrected chi connectivity index (χ1v) is 6.06. The molecular formula is C14H12ClFN2O. The number of benzene rings is 1. The maximum absolute atomic E-state index is 13.5. The summed E-state index contributed by atoms with van der Waals surface area (Å²) in [4.78, 5) is 17.4.